The molecule has 10 aromatic rings. The van der Waals surface area contributed by atoms with Crippen LogP contribution in [0.2, 0.25) is 0 Å². The Balaban J connectivity index is 1.20. The Morgan fingerprint density at radius 3 is 1.10 bits per heavy atom. The Morgan fingerprint density at radius 1 is 0.361 bits per heavy atom. The Bertz CT molecular complexity index is 3240. The number of amidine groups is 1. The summed E-state index contributed by atoms with van der Waals surface area (Å²) < 4.78 is 0. The van der Waals surface area contributed by atoms with Crippen LogP contribution in [0, 0.1) is 0 Å². The van der Waals surface area contributed by atoms with E-state index in [-0.39, 0.29) is 0 Å². The average Bonchev–Trinajstić information content (AvgIpc) is 3.46. The number of aliphatic imine (C=N–C) groups is 1. The molecule has 61 heavy (non-hydrogen) atoms. The van der Waals surface area contributed by atoms with Gasteiger partial charge >= 0.3 is 0 Å². The molecule has 0 fully saturated rings. The van der Waals surface area contributed by atoms with Gasteiger partial charge in [-0.05, 0) is 112 Å². The van der Waals surface area contributed by atoms with Crippen molar-refractivity contribution in [3.8, 4) is 22.3 Å². The third-order valence-corrected chi connectivity index (χ3v) is 13.5. The quantitative estimate of drug-likeness (QED) is 0.158. The van der Waals surface area contributed by atoms with Gasteiger partial charge in [-0.3, -0.25) is 4.99 Å². The van der Waals surface area contributed by atoms with E-state index in [4.69, 9.17) is 4.99 Å². The number of rotatable bonds is 6. The van der Waals surface area contributed by atoms with E-state index in [0.717, 1.165) is 44.2 Å². The maximum Gasteiger partial charge on any atom is 0.201 e. The van der Waals surface area contributed by atoms with Crippen molar-refractivity contribution < 1.29 is 5.21 Å². The monoisotopic (exact) mass is 788 g/mol. The molecule has 4 heteroatoms. The van der Waals surface area contributed by atoms with Gasteiger partial charge in [0.1, 0.15) is 5.54 Å². The molecule has 0 aliphatic carbocycles. The molecule has 11 rings (SSSR count). The molecular formula is C57H46N3O+. The number of hydrogen-bond donors (Lipinski definition) is 0. The zero-order valence-electron chi connectivity index (χ0n) is 34.8. The molecule has 294 valence electrons. The van der Waals surface area contributed by atoms with Crippen LogP contribution in [0.1, 0.15) is 33.3 Å². The highest BCUT2D eigenvalue weighted by molar-refractivity contribution is 6.18. The Hall–Kier alpha value is -7.27. The molecule has 0 bridgehead atoms. The first-order valence-electron chi connectivity index (χ1n) is 21.1. The number of anilines is 3. The fourth-order valence-electron chi connectivity index (χ4n) is 9.58. The summed E-state index contributed by atoms with van der Waals surface area (Å²) in [7, 11) is 0. The fourth-order valence-corrected chi connectivity index (χ4v) is 9.58. The van der Waals surface area contributed by atoms with E-state index < -0.39 is 11.1 Å². The Labute approximate surface area is 356 Å². The molecule has 0 unspecified atom stereocenters. The van der Waals surface area contributed by atoms with Crippen molar-refractivity contribution in [3.63, 3.8) is 0 Å². The Kier molecular flexibility index (Phi) is 8.39. The lowest BCUT2D eigenvalue weighted by Crippen LogP contribution is -2.51. The predicted molar refractivity (Wildman–Crippen MR) is 260 cm³/mol. The van der Waals surface area contributed by atoms with Crippen LogP contribution in [-0.4, -0.2) is 27.2 Å². The van der Waals surface area contributed by atoms with E-state index in [1.807, 2.05) is 0 Å². The lowest BCUT2D eigenvalue weighted by molar-refractivity contribution is -0.0991. The minimum Gasteiger partial charge on any atom is -0.309 e. The van der Waals surface area contributed by atoms with Crippen LogP contribution in [0.5, 0.6) is 0 Å². The van der Waals surface area contributed by atoms with Crippen LogP contribution in [0.25, 0.3) is 76.1 Å². The van der Waals surface area contributed by atoms with Crippen LogP contribution in [0.4, 0.5) is 17.1 Å². The second-order valence-corrected chi connectivity index (χ2v) is 17.3. The number of nitrogens with zero attached hydrogens (tertiary/aromatic N) is 3. The third-order valence-electron chi connectivity index (χ3n) is 13.5. The lowest BCUT2D eigenvalue weighted by Gasteiger charge is -2.33. The number of benzene rings is 10. The zero-order chi connectivity index (χ0) is 41.5. The van der Waals surface area contributed by atoms with Crippen molar-refractivity contribution in [2.45, 2.75) is 38.8 Å². The van der Waals surface area contributed by atoms with E-state index in [9.17, 15) is 5.21 Å². The van der Waals surface area contributed by atoms with E-state index in [1.165, 1.54) is 54.6 Å². The van der Waals surface area contributed by atoms with E-state index in [2.05, 4.69) is 227 Å². The summed E-state index contributed by atoms with van der Waals surface area (Å²) in [6, 6.07) is 70.5. The first-order chi connectivity index (χ1) is 29.7. The molecule has 0 radical (unpaired) electrons. The lowest BCUT2D eigenvalue weighted by atomic mass is 9.84. The van der Waals surface area contributed by atoms with E-state index >= 15 is 0 Å². The smallest absolute Gasteiger partial charge is 0.201 e. The van der Waals surface area contributed by atoms with Crippen LogP contribution in [0.3, 0.4) is 0 Å². The van der Waals surface area contributed by atoms with E-state index in [0.29, 0.717) is 5.84 Å². The third kappa shape index (κ3) is 5.67. The Morgan fingerprint density at radius 2 is 0.689 bits per heavy atom. The molecule has 0 saturated heterocycles. The standard InChI is InChI=1S/C57H45N3O/c1-56(2)57(3,4)60(61)55(58-56)51-33-36-54(50-28-14-11-25-45(50)51)59(52-34-31-46(43-23-9-12-26-48(43)52)41-29-15-19-37-17-5-7-21-39(37)41)53-35-32-47(44-24-10-13-27-49(44)53)42-30-16-20-38-18-6-8-22-40(38)42/h5-36,61H,1-4H3/p+1. The summed E-state index contributed by atoms with van der Waals surface area (Å²) in [5, 5.41) is 22.7. The second-order valence-electron chi connectivity index (χ2n) is 17.3. The number of fused-ring (bicyclic) bond motifs is 5. The van der Waals surface area contributed by atoms with Crippen LogP contribution in [-0.2, 0) is 0 Å². The zero-order valence-corrected chi connectivity index (χ0v) is 34.8. The minimum absolute atomic E-state index is 0.439. The molecular weight excluding hydrogens is 743 g/mol. The van der Waals surface area contributed by atoms with Gasteiger partial charge in [0.15, 0.2) is 0 Å². The first-order valence-corrected chi connectivity index (χ1v) is 21.1. The van der Waals surface area contributed by atoms with Crippen molar-refractivity contribution in [3.05, 3.63) is 200 Å². The molecule has 0 saturated carbocycles. The molecule has 2 N–H and O–H groups in total. The topological polar surface area (TPSA) is 41.7 Å². The summed E-state index contributed by atoms with van der Waals surface area (Å²) >= 11 is 0. The molecule has 1 heterocycles. The van der Waals surface area contributed by atoms with Gasteiger partial charge in [-0.2, -0.15) is 0 Å². The van der Waals surface area contributed by atoms with Gasteiger partial charge in [-0.25, -0.2) is 0 Å². The molecule has 0 spiro atoms. The summed E-state index contributed by atoms with van der Waals surface area (Å²) in [4.78, 5) is 7.68. The summed E-state index contributed by atoms with van der Waals surface area (Å²) in [5.74, 6) is 0.694. The predicted octanol–water partition coefficient (Wildman–Crippen LogP) is 14.5. The molecule has 0 atom stereocenters. The van der Waals surface area contributed by atoms with Gasteiger partial charge in [-0.15, -0.1) is 5.06 Å². The van der Waals surface area contributed by atoms with E-state index in [1.54, 1.807) is 5.06 Å². The molecule has 10 aromatic carbocycles. The maximum absolute atomic E-state index is 9.32. The minimum atomic E-state index is -0.483. The maximum atomic E-state index is 9.32. The van der Waals surface area contributed by atoms with Gasteiger partial charge in [0.25, 0.3) is 0 Å². The first kappa shape index (κ1) is 36.8. The SMILES string of the molecule is CC1(C)N=C(c2ccc(N(c3ccc(-c4cccc5ccccc45)c4ccccc34)c3ccc(-c4cccc5ccccc45)c4ccccc34)c3ccccc23)N([OH2+])C1(C)C. The van der Waals surface area contributed by atoms with Gasteiger partial charge in [0, 0.05) is 21.7 Å². The van der Waals surface area contributed by atoms with Gasteiger partial charge in [0.05, 0.1) is 22.6 Å². The molecule has 0 aromatic heterocycles. The second kappa shape index (κ2) is 13.9. The van der Waals surface area contributed by atoms with Crippen LogP contribution < -0.4 is 4.90 Å². The largest absolute Gasteiger partial charge is 0.309 e. The van der Waals surface area contributed by atoms with Gasteiger partial charge < -0.3 is 10.1 Å². The highest BCUT2D eigenvalue weighted by Gasteiger charge is 2.52. The highest BCUT2D eigenvalue weighted by atomic mass is 16.5. The van der Waals surface area contributed by atoms with Crippen molar-refractivity contribution in [1.82, 2.24) is 5.06 Å². The van der Waals surface area contributed by atoms with Crippen molar-refractivity contribution in [2.24, 2.45) is 4.99 Å². The fraction of sp³-hybridized carbons (Fsp3) is 0.105. The van der Waals surface area contributed by atoms with Crippen molar-refractivity contribution in [1.29, 1.82) is 0 Å². The van der Waals surface area contributed by atoms with Crippen molar-refractivity contribution >= 4 is 76.8 Å². The van der Waals surface area contributed by atoms with Gasteiger partial charge in [0.2, 0.25) is 5.84 Å². The number of hydroxylamine groups is 2. The normalized spacial score (nSPS) is 14.6. The van der Waals surface area contributed by atoms with Crippen LogP contribution in [0.15, 0.2) is 199 Å². The van der Waals surface area contributed by atoms with Gasteiger partial charge in [-0.1, -0.05) is 170 Å². The molecule has 1 aliphatic rings. The molecule has 1 aliphatic heterocycles. The number of hydrogen-bond acceptors (Lipinski definition) is 3. The summed E-state index contributed by atoms with van der Waals surface area (Å²) in [6.45, 7) is 8.46. The van der Waals surface area contributed by atoms with Crippen molar-refractivity contribution in [2.75, 3.05) is 4.90 Å². The summed E-state index contributed by atoms with van der Waals surface area (Å²) in [5.41, 5.74) is 8.10. The molecule has 4 nitrogen and oxygen atoms in total. The summed E-state index contributed by atoms with van der Waals surface area (Å²) in [6.07, 6.45) is 0. The molecule has 0 amide bonds. The highest BCUT2D eigenvalue weighted by Crippen LogP contribution is 2.49. The van der Waals surface area contributed by atoms with Crippen LogP contribution >= 0.6 is 0 Å². The average molecular weight is 789 g/mol.